The second-order valence-electron chi connectivity index (χ2n) is 6.20. The Bertz CT molecular complexity index is 608. The molecule has 1 fully saturated rings. The predicted molar refractivity (Wildman–Crippen MR) is 86.8 cm³/mol. The molecule has 0 aromatic carbocycles. The lowest BCUT2D eigenvalue weighted by molar-refractivity contribution is 0.288. The zero-order valence-electron chi connectivity index (χ0n) is 13.1. The molecule has 0 aliphatic heterocycles. The molecule has 5 heteroatoms. The summed E-state index contributed by atoms with van der Waals surface area (Å²) in [6, 6.07) is 5.84. The largest absolute Gasteiger partial charge is 0.477 e. The van der Waals surface area contributed by atoms with Crippen LogP contribution >= 0.6 is 0 Å². The molecule has 1 aliphatic rings. The first-order valence-electron chi connectivity index (χ1n) is 7.86. The highest BCUT2D eigenvalue weighted by Crippen LogP contribution is 2.29. The number of nitrogens with zero attached hydrogens (tertiary/aromatic N) is 3. The van der Waals surface area contributed by atoms with Gasteiger partial charge in [-0.15, -0.1) is 0 Å². The second kappa shape index (κ2) is 6.73. The van der Waals surface area contributed by atoms with Gasteiger partial charge in [-0.05, 0) is 30.7 Å². The molecular weight excluding hydrogens is 276 g/mol. The van der Waals surface area contributed by atoms with Gasteiger partial charge in [0.1, 0.15) is 12.1 Å². The highest BCUT2D eigenvalue weighted by molar-refractivity contribution is 5.61. The van der Waals surface area contributed by atoms with Crippen molar-refractivity contribution in [2.75, 3.05) is 18.5 Å². The Kier molecular flexibility index (Phi) is 4.51. The summed E-state index contributed by atoms with van der Waals surface area (Å²) in [6.07, 6.45) is 5.95. The molecule has 0 spiro atoms. The molecule has 0 amide bonds. The van der Waals surface area contributed by atoms with Crippen LogP contribution in [0.3, 0.4) is 0 Å². The van der Waals surface area contributed by atoms with E-state index in [0.717, 1.165) is 36.1 Å². The van der Waals surface area contributed by atoms with Crippen molar-refractivity contribution in [1.82, 2.24) is 15.0 Å². The van der Waals surface area contributed by atoms with Gasteiger partial charge in [0, 0.05) is 30.4 Å². The number of rotatable bonds is 7. The average Bonchev–Trinajstić information content (AvgIpc) is 3.36. The van der Waals surface area contributed by atoms with E-state index in [2.05, 4.69) is 34.1 Å². The molecule has 0 unspecified atom stereocenters. The molecule has 0 radical (unpaired) electrons. The van der Waals surface area contributed by atoms with Gasteiger partial charge in [-0.2, -0.15) is 0 Å². The van der Waals surface area contributed by atoms with Crippen molar-refractivity contribution < 1.29 is 4.74 Å². The molecule has 1 aliphatic carbocycles. The molecule has 5 nitrogen and oxygen atoms in total. The lowest BCUT2D eigenvalue weighted by Crippen LogP contribution is -2.09. The SMILES string of the molecule is CC(C)CNc1cc(-c2ccc(OCC3CC3)nc2)ncn1. The fourth-order valence-electron chi connectivity index (χ4n) is 2.03. The molecule has 22 heavy (non-hydrogen) atoms. The maximum Gasteiger partial charge on any atom is 0.213 e. The fraction of sp³-hybridized carbons (Fsp3) is 0.471. The van der Waals surface area contributed by atoms with Gasteiger partial charge in [0.05, 0.1) is 12.3 Å². The topological polar surface area (TPSA) is 59.9 Å². The average molecular weight is 298 g/mol. The van der Waals surface area contributed by atoms with Gasteiger partial charge >= 0.3 is 0 Å². The van der Waals surface area contributed by atoms with Crippen molar-refractivity contribution in [2.45, 2.75) is 26.7 Å². The highest BCUT2D eigenvalue weighted by Gasteiger charge is 2.22. The highest BCUT2D eigenvalue weighted by atomic mass is 16.5. The zero-order valence-corrected chi connectivity index (χ0v) is 13.1. The molecule has 0 atom stereocenters. The number of nitrogens with one attached hydrogen (secondary N) is 1. The summed E-state index contributed by atoms with van der Waals surface area (Å²) in [7, 11) is 0. The molecule has 2 aromatic heterocycles. The van der Waals surface area contributed by atoms with Gasteiger partial charge in [-0.3, -0.25) is 0 Å². The summed E-state index contributed by atoms with van der Waals surface area (Å²) in [6.45, 7) is 6.00. The summed E-state index contributed by atoms with van der Waals surface area (Å²) in [5.41, 5.74) is 1.83. The van der Waals surface area contributed by atoms with Crippen molar-refractivity contribution in [3.8, 4) is 17.1 Å². The van der Waals surface area contributed by atoms with Crippen LogP contribution in [-0.4, -0.2) is 28.1 Å². The first-order valence-corrected chi connectivity index (χ1v) is 7.86. The lowest BCUT2D eigenvalue weighted by atomic mass is 10.2. The minimum atomic E-state index is 0.572. The van der Waals surface area contributed by atoms with E-state index in [1.165, 1.54) is 12.8 Å². The number of anilines is 1. The monoisotopic (exact) mass is 298 g/mol. The molecular formula is C17H22N4O. The van der Waals surface area contributed by atoms with Crippen LogP contribution in [-0.2, 0) is 0 Å². The molecule has 116 valence electrons. The van der Waals surface area contributed by atoms with Gasteiger partial charge in [-0.1, -0.05) is 13.8 Å². The van der Waals surface area contributed by atoms with Gasteiger partial charge in [-0.25, -0.2) is 15.0 Å². The van der Waals surface area contributed by atoms with Crippen LogP contribution in [0.4, 0.5) is 5.82 Å². The predicted octanol–water partition coefficient (Wildman–Crippen LogP) is 3.40. The maximum absolute atomic E-state index is 5.65. The number of aromatic nitrogens is 3. The normalized spacial score (nSPS) is 14.1. The molecule has 1 N–H and O–H groups in total. The van der Waals surface area contributed by atoms with Crippen molar-refractivity contribution in [2.24, 2.45) is 11.8 Å². The van der Waals surface area contributed by atoms with E-state index < -0.39 is 0 Å². The van der Waals surface area contributed by atoms with Crippen LogP contribution in [0.1, 0.15) is 26.7 Å². The van der Waals surface area contributed by atoms with Gasteiger partial charge in [0.25, 0.3) is 0 Å². The lowest BCUT2D eigenvalue weighted by Gasteiger charge is -2.09. The molecule has 3 rings (SSSR count). The number of ether oxygens (including phenoxy) is 1. The third kappa shape index (κ3) is 4.16. The Labute approximate surface area is 131 Å². The minimum absolute atomic E-state index is 0.572. The van der Waals surface area contributed by atoms with Crippen molar-refractivity contribution in [1.29, 1.82) is 0 Å². The Morgan fingerprint density at radius 2 is 2.09 bits per heavy atom. The van der Waals surface area contributed by atoms with E-state index in [1.807, 2.05) is 18.2 Å². The smallest absolute Gasteiger partial charge is 0.213 e. The number of hydrogen-bond acceptors (Lipinski definition) is 5. The third-order valence-electron chi connectivity index (χ3n) is 3.55. The van der Waals surface area contributed by atoms with E-state index in [-0.39, 0.29) is 0 Å². The summed E-state index contributed by atoms with van der Waals surface area (Å²) in [5.74, 6) is 2.83. The number of pyridine rings is 1. The van der Waals surface area contributed by atoms with Gasteiger partial charge in [0.15, 0.2) is 0 Å². The second-order valence-corrected chi connectivity index (χ2v) is 6.20. The van der Waals surface area contributed by atoms with Crippen LogP contribution in [0, 0.1) is 11.8 Å². The van der Waals surface area contributed by atoms with E-state index in [9.17, 15) is 0 Å². The van der Waals surface area contributed by atoms with Crippen LogP contribution in [0.2, 0.25) is 0 Å². The van der Waals surface area contributed by atoms with Gasteiger partial charge < -0.3 is 10.1 Å². The molecule has 0 saturated heterocycles. The molecule has 1 saturated carbocycles. The van der Waals surface area contributed by atoms with Crippen LogP contribution in [0.5, 0.6) is 5.88 Å². The number of hydrogen-bond donors (Lipinski definition) is 1. The van der Waals surface area contributed by atoms with Crippen molar-refractivity contribution >= 4 is 5.82 Å². The van der Waals surface area contributed by atoms with E-state index in [4.69, 9.17) is 4.74 Å². The molecule has 2 aromatic rings. The Morgan fingerprint density at radius 1 is 1.23 bits per heavy atom. The van der Waals surface area contributed by atoms with Crippen molar-refractivity contribution in [3.05, 3.63) is 30.7 Å². The quantitative estimate of drug-likeness (QED) is 0.849. The van der Waals surface area contributed by atoms with Crippen LogP contribution in [0.25, 0.3) is 11.3 Å². The van der Waals surface area contributed by atoms with E-state index in [0.29, 0.717) is 11.8 Å². The van der Waals surface area contributed by atoms with Crippen LogP contribution in [0.15, 0.2) is 30.7 Å². The summed E-state index contributed by atoms with van der Waals surface area (Å²) < 4.78 is 5.65. The van der Waals surface area contributed by atoms with Crippen LogP contribution < -0.4 is 10.1 Å². The Morgan fingerprint density at radius 3 is 2.77 bits per heavy atom. The Balaban J connectivity index is 1.65. The first-order chi connectivity index (χ1) is 10.7. The van der Waals surface area contributed by atoms with Gasteiger partial charge in [0.2, 0.25) is 5.88 Å². The van der Waals surface area contributed by atoms with E-state index >= 15 is 0 Å². The molecule has 2 heterocycles. The summed E-state index contributed by atoms with van der Waals surface area (Å²) in [5, 5.41) is 3.31. The maximum atomic E-state index is 5.65. The van der Waals surface area contributed by atoms with E-state index in [1.54, 1.807) is 12.5 Å². The fourth-order valence-corrected chi connectivity index (χ4v) is 2.03. The van der Waals surface area contributed by atoms with Crippen molar-refractivity contribution in [3.63, 3.8) is 0 Å². The minimum Gasteiger partial charge on any atom is -0.477 e. The zero-order chi connectivity index (χ0) is 15.4. The third-order valence-corrected chi connectivity index (χ3v) is 3.55. The molecule has 0 bridgehead atoms. The first kappa shape index (κ1) is 14.8. The standard InChI is InChI=1S/C17H22N4O/c1-12(2)8-18-16-7-15(20-11-21-16)14-5-6-17(19-9-14)22-10-13-3-4-13/h5-7,9,11-13H,3-4,8,10H2,1-2H3,(H,18,20,21). The Hall–Kier alpha value is -2.17. The summed E-state index contributed by atoms with van der Waals surface area (Å²) >= 11 is 0. The summed E-state index contributed by atoms with van der Waals surface area (Å²) in [4.78, 5) is 12.9.